The second kappa shape index (κ2) is 7.17. The Bertz CT molecular complexity index is 158. The van der Waals surface area contributed by atoms with E-state index in [1.165, 1.54) is 0 Å². The van der Waals surface area contributed by atoms with Crippen LogP contribution in [0.3, 0.4) is 0 Å². The van der Waals surface area contributed by atoms with Crippen LogP contribution in [-0.4, -0.2) is 45.2 Å². The lowest BCUT2D eigenvalue weighted by Crippen LogP contribution is -2.46. The molecule has 0 amide bonds. The molecule has 0 aliphatic carbocycles. The minimum Gasteiger partial charge on any atom is -0.381 e. The van der Waals surface area contributed by atoms with Gasteiger partial charge in [-0.25, -0.2) is 0 Å². The highest BCUT2D eigenvalue weighted by Gasteiger charge is 2.31. The Morgan fingerprint density at radius 1 is 1.20 bits per heavy atom. The van der Waals surface area contributed by atoms with E-state index in [2.05, 4.69) is 6.92 Å². The maximum atomic E-state index is 5.84. The van der Waals surface area contributed by atoms with Crippen LogP contribution < -0.4 is 5.73 Å². The van der Waals surface area contributed by atoms with Crippen molar-refractivity contribution < 1.29 is 14.2 Å². The largest absolute Gasteiger partial charge is 0.381 e. The third-order valence-electron chi connectivity index (χ3n) is 2.76. The zero-order valence-electron chi connectivity index (χ0n) is 9.67. The Kier molecular flexibility index (Phi) is 6.17. The van der Waals surface area contributed by atoms with E-state index in [1.807, 2.05) is 0 Å². The molecule has 0 aromatic rings. The maximum absolute atomic E-state index is 5.84. The molecule has 2 N–H and O–H groups in total. The van der Waals surface area contributed by atoms with Crippen molar-refractivity contribution in [2.45, 2.75) is 31.8 Å². The van der Waals surface area contributed by atoms with Crippen LogP contribution in [0.2, 0.25) is 0 Å². The highest BCUT2D eigenvalue weighted by Crippen LogP contribution is 2.23. The topological polar surface area (TPSA) is 53.7 Å². The summed E-state index contributed by atoms with van der Waals surface area (Å²) in [6.07, 6.45) is 2.85. The summed E-state index contributed by atoms with van der Waals surface area (Å²) in [5.74, 6) is 0. The number of hydrogen-bond donors (Lipinski definition) is 1. The van der Waals surface area contributed by atoms with Crippen LogP contribution >= 0.6 is 0 Å². The first-order valence-electron chi connectivity index (χ1n) is 5.82. The third kappa shape index (κ3) is 4.47. The summed E-state index contributed by atoms with van der Waals surface area (Å²) in [4.78, 5) is 0. The summed E-state index contributed by atoms with van der Waals surface area (Å²) in [6, 6.07) is 0. The molecule has 0 aromatic heterocycles. The zero-order valence-corrected chi connectivity index (χ0v) is 9.67. The Balaban J connectivity index is 2.15. The summed E-state index contributed by atoms with van der Waals surface area (Å²) in [5.41, 5.74) is 5.60. The standard InChI is InChI=1S/C11H23NO3/c1-2-5-13-8-9-15-11(10-12)3-6-14-7-4-11/h2-10,12H2,1H3. The molecule has 1 heterocycles. The van der Waals surface area contributed by atoms with Crippen molar-refractivity contribution in [3.8, 4) is 0 Å². The van der Waals surface area contributed by atoms with Crippen molar-refractivity contribution in [2.24, 2.45) is 5.73 Å². The second-order valence-electron chi connectivity index (χ2n) is 3.96. The monoisotopic (exact) mass is 217 g/mol. The highest BCUT2D eigenvalue weighted by molar-refractivity contribution is 4.84. The van der Waals surface area contributed by atoms with Crippen LogP contribution in [0.1, 0.15) is 26.2 Å². The molecule has 0 atom stereocenters. The summed E-state index contributed by atoms with van der Waals surface area (Å²) >= 11 is 0. The molecular formula is C11H23NO3. The maximum Gasteiger partial charge on any atom is 0.0849 e. The van der Waals surface area contributed by atoms with Crippen LogP contribution in [0.25, 0.3) is 0 Å². The molecular weight excluding hydrogens is 194 g/mol. The Hall–Kier alpha value is -0.160. The Morgan fingerprint density at radius 2 is 1.93 bits per heavy atom. The van der Waals surface area contributed by atoms with Gasteiger partial charge in [0, 0.05) is 39.2 Å². The van der Waals surface area contributed by atoms with Gasteiger partial charge in [-0.15, -0.1) is 0 Å². The van der Waals surface area contributed by atoms with Gasteiger partial charge in [0.25, 0.3) is 0 Å². The Labute approximate surface area is 92.1 Å². The van der Waals surface area contributed by atoms with Crippen molar-refractivity contribution in [1.29, 1.82) is 0 Å². The van der Waals surface area contributed by atoms with Crippen LogP contribution in [0.4, 0.5) is 0 Å². The fourth-order valence-electron chi connectivity index (χ4n) is 1.71. The quantitative estimate of drug-likeness (QED) is 0.645. The highest BCUT2D eigenvalue weighted by atomic mass is 16.5. The van der Waals surface area contributed by atoms with E-state index in [-0.39, 0.29) is 5.60 Å². The predicted octanol–water partition coefficient (Wildman–Crippen LogP) is 0.937. The second-order valence-corrected chi connectivity index (χ2v) is 3.96. The molecule has 0 unspecified atom stereocenters. The summed E-state index contributed by atoms with van der Waals surface area (Å²) in [7, 11) is 0. The fourth-order valence-corrected chi connectivity index (χ4v) is 1.71. The molecule has 4 nitrogen and oxygen atoms in total. The molecule has 1 rings (SSSR count). The number of hydrogen-bond acceptors (Lipinski definition) is 4. The normalized spacial score (nSPS) is 20.4. The minimum atomic E-state index is -0.159. The molecule has 1 aliphatic rings. The molecule has 0 bridgehead atoms. The van der Waals surface area contributed by atoms with Gasteiger partial charge < -0.3 is 19.9 Å². The van der Waals surface area contributed by atoms with Crippen LogP contribution in [-0.2, 0) is 14.2 Å². The van der Waals surface area contributed by atoms with Gasteiger partial charge in [-0.1, -0.05) is 6.92 Å². The number of ether oxygens (including phenoxy) is 3. The van der Waals surface area contributed by atoms with Gasteiger partial charge in [0.15, 0.2) is 0 Å². The lowest BCUT2D eigenvalue weighted by molar-refractivity contribution is -0.115. The fraction of sp³-hybridized carbons (Fsp3) is 1.00. The molecule has 0 saturated carbocycles. The SMILES string of the molecule is CCCOCCOC1(CN)CCOCC1. The summed E-state index contributed by atoms with van der Waals surface area (Å²) < 4.78 is 16.5. The van der Waals surface area contributed by atoms with E-state index in [1.54, 1.807) is 0 Å². The van der Waals surface area contributed by atoms with Gasteiger partial charge in [-0.2, -0.15) is 0 Å². The first kappa shape index (κ1) is 12.9. The van der Waals surface area contributed by atoms with Gasteiger partial charge in [0.1, 0.15) is 0 Å². The molecule has 0 aromatic carbocycles. The molecule has 15 heavy (non-hydrogen) atoms. The molecule has 0 spiro atoms. The van der Waals surface area contributed by atoms with Gasteiger partial charge in [0.2, 0.25) is 0 Å². The molecule has 1 fully saturated rings. The third-order valence-corrected chi connectivity index (χ3v) is 2.76. The van der Waals surface area contributed by atoms with Crippen LogP contribution in [0.5, 0.6) is 0 Å². The number of rotatable bonds is 7. The molecule has 90 valence electrons. The predicted molar refractivity (Wildman–Crippen MR) is 58.9 cm³/mol. The minimum absolute atomic E-state index is 0.159. The summed E-state index contributed by atoms with van der Waals surface area (Å²) in [5, 5.41) is 0. The van der Waals surface area contributed by atoms with Crippen molar-refractivity contribution in [1.82, 2.24) is 0 Å². The van der Waals surface area contributed by atoms with E-state index in [9.17, 15) is 0 Å². The van der Waals surface area contributed by atoms with Gasteiger partial charge >= 0.3 is 0 Å². The van der Waals surface area contributed by atoms with Gasteiger partial charge in [-0.05, 0) is 6.42 Å². The van der Waals surface area contributed by atoms with E-state index in [0.29, 0.717) is 19.8 Å². The lowest BCUT2D eigenvalue weighted by atomic mass is 9.94. The average molecular weight is 217 g/mol. The summed E-state index contributed by atoms with van der Waals surface area (Å²) in [6.45, 7) is 6.29. The van der Waals surface area contributed by atoms with Gasteiger partial charge in [0.05, 0.1) is 18.8 Å². The van der Waals surface area contributed by atoms with Crippen molar-refractivity contribution in [3.05, 3.63) is 0 Å². The van der Waals surface area contributed by atoms with E-state index in [4.69, 9.17) is 19.9 Å². The van der Waals surface area contributed by atoms with Gasteiger partial charge in [-0.3, -0.25) is 0 Å². The van der Waals surface area contributed by atoms with E-state index >= 15 is 0 Å². The van der Waals surface area contributed by atoms with Crippen LogP contribution in [0.15, 0.2) is 0 Å². The average Bonchev–Trinajstić information content (AvgIpc) is 2.30. The first-order valence-corrected chi connectivity index (χ1v) is 5.82. The lowest BCUT2D eigenvalue weighted by Gasteiger charge is -2.36. The zero-order chi connectivity index (χ0) is 11.0. The Morgan fingerprint density at radius 3 is 2.53 bits per heavy atom. The van der Waals surface area contributed by atoms with E-state index < -0.39 is 0 Å². The van der Waals surface area contributed by atoms with E-state index in [0.717, 1.165) is 39.1 Å². The molecule has 4 heteroatoms. The number of nitrogens with two attached hydrogens (primary N) is 1. The first-order chi connectivity index (χ1) is 7.33. The van der Waals surface area contributed by atoms with Crippen LogP contribution in [0, 0.1) is 0 Å². The van der Waals surface area contributed by atoms with Crippen molar-refractivity contribution in [2.75, 3.05) is 39.6 Å². The van der Waals surface area contributed by atoms with Crippen molar-refractivity contribution in [3.63, 3.8) is 0 Å². The smallest absolute Gasteiger partial charge is 0.0849 e. The molecule has 0 radical (unpaired) electrons. The molecule has 1 saturated heterocycles. The van der Waals surface area contributed by atoms with Crippen molar-refractivity contribution >= 4 is 0 Å². The molecule has 1 aliphatic heterocycles.